The first-order valence-electron chi connectivity index (χ1n) is 22.6. The zero-order valence-corrected chi connectivity index (χ0v) is 35.3. The lowest BCUT2D eigenvalue weighted by Crippen LogP contribution is -2.11. The fraction of sp³-hybridized carbons (Fsp3) is 0.462. The van der Waals surface area contributed by atoms with Gasteiger partial charge >= 0.3 is 0 Å². The van der Waals surface area contributed by atoms with Crippen LogP contribution in [0.25, 0.3) is 54.8 Å². The smallest absolute Gasteiger partial charge is 0.206 e. The summed E-state index contributed by atoms with van der Waals surface area (Å²) in [7, 11) is 0. The van der Waals surface area contributed by atoms with Crippen LogP contribution >= 0.6 is 11.3 Å². The molecule has 3 heterocycles. The zero-order valence-electron chi connectivity index (χ0n) is 34.4. The molecule has 0 saturated heterocycles. The van der Waals surface area contributed by atoms with Crippen molar-refractivity contribution in [2.75, 3.05) is 0 Å². The van der Waals surface area contributed by atoms with Crippen molar-refractivity contribution in [3.05, 3.63) is 92.9 Å². The Kier molecular flexibility index (Phi) is 12.9. The van der Waals surface area contributed by atoms with Gasteiger partial charge in [-0.2, -0.15) is 0 Å². The van der Waals surface area contributed by atoms with Crippen LogP contribution in [0.15, 0.2) is 60.9 Å². The van der Waals surface area contributed by atoms with Crippen molar-refractivity contribution in [2.45, 2.75) is 155 Å². The van der Waals surface area contributed by atoms with Gasteiger partial charge in [-0.05, 0) is 59.7 Å². The Morgan fingerprint density at radius 2 is 0.825 bits per heavy atom. The first-order valence-corrected chi connectivity index (χ1v) is 23.4. The Morgan fingerprint density at radius 1 is 0.456 bits per heavy atom. The molecule has 0 saturated carbocycles. The maximum Gasteiger partial charge on any atom is 0.206 e. The van der Waals surface area contributed by atoms with E-state index in [1.54, 1.807) is 0 Å². The Labute approximate surface area is 343 Å². The quantitative estimate of drug-likeness (QED) is 0.0643. The van der Waals surface area contributed by atoms with E-state index >= 15 is 0 Å². The molecule has 0 spiro atoms. The maximum absolute atomic E-state index is 14.5. The topological polar surface area (TPSA) is 59.9 Å². The van der Waals surface area contributed by atoms with Crippen LogP contribution in [0.4, 0.5) is 0 Å². The molecular weight excluding hydrogens is 717 g/mol. The van der Waals surface area contributed by atoms with Gasteiger partial charge in [0.15, 0.2) is 0 Å². The molecule has 0 unspecified atom stereocenters. The molecule has 0 amide bonds. The minimum absolute atomic E-state index is 0.0235. The Bertz CT molecular complexity index is 2240. The number of rotatable bonds is 22. The molecular formula is C52H60N2O2S. The van der Waals surface area contributed by atoms with Crippen LogP contribution < -0.4 is 0 Å². The lowest BCUT2D eigenvalue weighted by atomic mass is 9.82. The molecule has 0 aliphatic heterocycles. The summed E-state index contributed by atoms with van der Waals surface area (Å²) >= 11 is 1.36. The molecule has 0 N–H and O–H groups in total. The summed E-state index contributed by atoms with van der Waals surface area (Å²) in [6.07, 6.45) is 32.6. The number of fused-ring (bicyclic) bond motifs is 8. The molecule has 0 bridgehead atoms. The predicted octanol–water partition coefficient (Wildman–Crippen LogP) is 15.3. The van der Waals surface area contributed by atoms with Crippen LogP contribution in [-0.4, -0.2) is 21.5 Å². The standard InChI is InChI=1S/C52H60N2O2S/c1-3-5-7-9-11-13-15-17-19-21-23-35-25-27-39-37(31-35)33-53-47-41-29-30-42-44-43(41)51(49(55)45(39)47)57-52(44)50(56)46-40-28-26-36(32-38(40)34-54-48(42)46)24-22-20-18-16-14-12-10-8-6-4-2/h25-34H,3-24H2,1-2H3. The minimum atomic E-state index is -0.0235. The molecule has 4 nitrogen and oxygen atoms in total. The third-order valence-corrected chi connectivity index (χ3v) is 14.0. The van der Waals surface area contributed by atoms with Crippen molar-refractivity contribution in [3.8, 4) is 22.5 Å². The monoisotopic (exact) mass is 776 g/mol. The second kappa shape index (κ2) is 18.6. The Hall–Kier alpha value is -4.22. The fourth-order valence-corrected chi connectivity index (χ4v) is 10.8. The van der Waals surface area contributed by atoms with Crippen molar-refractivity contribution in [1.29, 1.82) is 0 Å². The van der Waals surface area contributed by atoms with E-state index in [1.807, 2.05) is 12.4 Å². The number of benzene rings is 3. The van der Waals surface area contributed by atoms with Crippen LogP contribution in [0.1, 0.15) is 184 Å². The molecule has 3 aromatic heterocycles. The van der Waals surface area contributed by atoms with Crippen molar-refractivity contribution >= 4 is 55.2 Å². The number of hydrogen-bond donors (Lipinski definition) is 0. The maximum atomic E-state index is 14.5. The van der Waals surface area contributed by atoms with E-state index in [-0.39, 0.29) is 11.6 Å². The molecule has 296 valence electrons. The number of aryl methyl sites for hydroxylation is 2. The SMILES string of the molecule is CCCCCCCCCCCCc1ccc2c3c(ncc2c1)-c1ccc2c4c(sc(c14)C3=O)C(=O)c1c-2ncc2cc(CCCCCCCCCCCC)ccc12. The molecule has 5 heteroatoms. The molecule has 0 atom stereocenters. The van der Waals surface area contributed by atoms with E-state index in [0.29, 0.717) is 20.9 Å². The highest BCUT2D eigenvalue weighted by atomic mass is 32.1. The lowest BCUT2D eigenvalue weighted by Gasteiger charge is -2.21. The number of nitrogens with zero attached hydrogens (tertiary/aromatic N) is 2. The molecule has 3 aromatic carbocycles. The number of carbonyl (C=O) groups excluding carboxylic acids is 2. The molecule has 2 aliphatic rings. The molecule has 8 rings (SSSR count). The van der Waals surface area contributed by atoms with Crippen LogP contribution in [0.5, 0.6) is 0 Å². The lowest BCUT2D eigenvalue weighted by molar-refractivity contribution is 0.103. The van der Waals surface area contributed by atoms with Crippen molar-refractivity contribution in [2.24, 2.45) is 0 Å². The van der Waals surface area contributed by atoms with Gasteiger partial charge in [-0.3, -0.25) is 19.6 Å². The third kappa shape index (κ3) is 8.24. The van der Waals surface area contributed by atoms with Gasteiger partial charge in [0.1, 0.15) is 0 Å². The van der Waals surface area contributed by atoms with Crippen LogP contribution in [0, 0.1) is 0 Å². The van der Waals surface area contributed by atoms with Gasteiger partial charge in [-0.25, -0.2) is 0 Å². The van der Waals surface area contributed by atoms with Gasteiger partial charge in [-0.1, -0.05) is 166 Å². The van der Waals surface area contributed by atoms with Gasteiger partial charge in [0.05, 0.1) is 32.3 Å². The number of aromatic nitrogens is 2. The Morgan fingerprint density at radius 3 is 1.21 bits per heavy atom. The van der Waals surface area contributed by atoms with E-state index in [1.165, 1.54) is 151 Å². The second-order valence-corrected chi connectivity index (χ2v) is 18.0. The van der Waals surface area contributed by atoms with Crippen molar-refractivity contribution in [1.82, 2.24) is 9.97 Å². The van der Waals surface area contributed by atoms with E-state index < -0.39 is 0 Å². The third-order valence-electron chi connectivity index (χ3n) is 12.8. The van der Waals surface area contributed by atoms with E-state index in [0.717, 1.165) is 67.7 Å². The summed E-state index contributed by atoms with van der Waals surface area (Å²) in [6.45, 7) is 4.55. The van der Waals surface area contributed by atoms with Gasteiger partial charge in [0.2, 0.25) is 11.6 Å². The summed E-state index contributed by atoms with van der Waals surface area (Å²) in [5.74, 6) is -0.0470. The van der Waals surface area contributed by atoms with Gasteiger partial charge < -0.3 is 0 Å². The number of carbonyl (C=O) groups is 2. The van der Waals surface area contributed by atoms with Crippen molar-refractivity contribution in [3.63, 3.8) is 0 Å². The van der Waals surface area contributed by atoms with E-state index in [9.17, 15) is 9.59 Å². The number of hydrogen-bond acceptors (Lipinski definition) is 5. The summed E-state index contributed by atoms with van der Waals surface area (Å²) in [6, 6.07) is 17.3. The minimum Gasteiger partial charge on any atom is -0.288 e. The summed E-state index contributed by atoms with van der Waals surface area (Å²) in [5.41, 5.74) is 7.25. The van der Waals surface area contributed by atoms with E-state index in [2.05, 4.69) is 62.4 Å². The van der Waals surface area contributed by atoms with Crippen LogP contribution in [-0.2, 0) is 12.8 Å². The van der Waals surface area contributed by atoms with Crippen molar-refractivity contribution < 1.29 is 9.59 Å². The van der Waals surface area contributed by atoms with Gasteiger partial charge in [0.25, 0.3) is 0 Å². The highest BCUT2D eigenvalue weighted by Crippen LogP contribution is 2.52. The fourth-order valence-electron chi connectivity index (χ4n) is 9.58. The molecule has 6 aromatic rings. The van der Waals surface area contributed by atoms with Gasteiger partial charge in [0, 0.05) is 45.1 Å². The molecule has 0 radical (unpaired) electrons. The highest BCUT2D eigenvalue weighted by molar-refractivity contribution is 7.18. The number of pyridine rings is 2. The normalized spacial score (nSPS) is 12.9. The van der Waals surface area contributed by atoms with Crippen LogP contribution in [0.3, 0.4) is 0 Å². The largest absolute Gasteiger partial charge is 0.288 e. The average Bonchev–Trinajstić information content (AvgIpc) is 3.65. The van der Waals surface area contributed by atoms with Gasteiger partial charge in [-0.15, -0.1) is 11.3 Å². The summed E-state index contributed by atoms with van der Waals surface area (Å²) in [4.78, 5) is 40.2. The highest BCUT2D eigenvalue weighted by Gasteiger charge is 2.38. The first-order chi connectivity index (χ1) is 28.1. The second-order valence-electron chi connectivity index (χ2n) is 17.0. The first kappa shape index (κ1) is 39.6. The molecule has 0 fully saturated rings. The molecule has 57 heavy (non-hydrogen) atoms. The molecule has 2 aliphatic carbocycles. The number of ketones is 2. The number of thiophene rings is 1. The Balaban J connectivity index is 0.959. The average molecular weight is 777 g/mol. The number of unbranched alkanes of at least 4 members (excludes halogenated alkanes) is 18. The zero-order chi connectivity index (χ0) is 39.1. The van der Waals surface area contributed by atoms with Crippen LogP contribution in [0.2, 0.25) is 0 Å². The summed E-state index contributed by atoms with van der Waals surface area (Å²) in [5, 5.41) is 5.64. The predicted molar refractivity (Wildman–Crippen MR) is 241 cm³/mol. The summed E-state index contributed by atoms with van der Waals surface area (Å²) < 4.78 is 0. The van der Waals surface area contributed by atoms with E-state index in [4.69, 9.17) is 9.97 Å².